The molecule has 1 spiro atoms. The van der Waals surface area contributed by atoms with Gasteiger partial charge in [0.05, 0.1) is 29.7 Å². The third-order valence-electron chi connectivity index (χ3n) is 7.81. The van der Waals surface area contributed by atoms with Crippen molar-refractivity contribution in [3.8, 4) is 11.5 Å². The maximum absolute atomic E-state index is 14.1. The Morgan fingerprint density at radius 2 is 1.75 bits per heavy atom. The third kappa shape index (κ3) is 3.75. The Labute approximate surface area is 233 Å². The topological polar surface area (TPSA) is 145 Å². The van der Waals surface area contributed by atoms with Gasteiger partial charge < -0.3 is 20.3 Å². The molecule has 3 amide bonds. The monoisotopic (exact) mass is 561 g/mol. The summed E-state index contributed by atoms with van der Waals surface area (Å²) in [5, 5.41) is 26.3. The average Bonchev–Trinajstić information content (AvgIpc) is 3.50. The number of benzene rings is 3. The first-order valence-corrected chi connectivity index (χ1v) is 13.1. The number of nitrogens with zero attached hydrogens (tertiary/aromatic N) is 1. The Hall–Kier alpha value is -4.41. The minimum absolute atomic E-state index is 0.175. The predicted molar refractivity (Wildman–Crippen MR) is 144 cm³/mol. The normalized spacial score (nSPS) is 24.8. The van der Waals surface area contributed by atoms with Crippen LogP contribution in [0.3, 0.4) is 0 Å². The van der Waals surface area contributed by atoms with Gasteiger partial charge in [-0.2, -0.15) is 0 Å². The SMILES string of the molecule is CCOC(=O)c1ccc(N2C(=O)[C@@H]3[C@H](Cc4ccc(O)c(O)c4)N[C@]4(C(=O)Nc5ccc(Cl)cc54)[C@@H]3C2=O)cc1. The van der Waals surface area contributed by atoms with E-state index in [1.165, 1.54) is 36.4 Å². The van der Waals surface area contributed by atoms with Crippen molar-refractivity contribution >= 4 is 46.7 Å². The smallest absolute Gasteiger partial charge is 0.338 e. The van der Waals surface area contributed by atoms with Crippen LogP contribution in [-0.4, -0.2) is 46.6 Å². The molecule has 0 saturated carbocycles. The second kappa shape index (κ2) is 9.35. The number of rotatable bonds is 5. The highest BCUT2D eigenvalue weighted by molar-refractivity contribution is 6.31. The number of carbonyl (C=O) groups is 4. The zero-order chi connectivity index (χ0) is 28.3. The number of hydrogen-bond donors (Lipinski definition) is 4. The van der Waals surface area contributed by atoms with Gasteiger partial charge in [0.1, 0.15) is 5.54 Å². The molecule has 4 N–H and O–H groups in total. The van der Waals surface area contributed by atoms with E-state index in [9.17, 15) is 29.4 Å². The van der Waals surface area contributed by atoms with Crippen LogP contribution >= 0.6 is 11.6 Å². The fraction of sp³-hybridized carbons (Fsp3) is 0.241. The molecule has 204 valence electrons. The summed E-state index contributed by atoms with van der Waals surface area (Å²) in [6.45, 7) is 1.90. The van der Waals surface area contributed by atoms with E-state index in [1.54, 1.807) is 31.2 Å². The summed E-state index contributed by atoms with van der Waals surface area (Å²) >= 11 is 6.31. The van der Waals surface area contributed by atoms with Gasteiger partial charge in [-0.1, -0.05) is 17.7 Å². The number of aromatic hydroxyl groups is 2. The van der Waals surface area contributed by atoms with E-state index >= 15 is 0 Å². The van der Waals surface area contributed by atoms with E-state index in [-0.39, 0.29) is 35.8 Å². The van der Waals surface area contributed by atoms with Gasteiger partial charge in [-0.05, 0) is 73.5 Å². The molecule has 40 heavy (non-hydrogen) atoms. The molecule has 2 fully saturated rings. The molecular weight excluding hydrogens is 538 g/mol. The average molecular weight is 562 g/mol. The number of esters is 1. The van der Waals surface area contributed by atoms with Crippen LogP contribution in [0.15, 0.2) is 60.7 Å². The van der Waals surface area contributed by atoms with Crippen LogP contribution in [0.25, 0.3) is 0 Å². The lowest BCUT2D eigenvalue weighted by Crippen LogP contribution is -2.53. The van der Waals surface area contributed by atoms with E-state index in [0.29, 0.717) is 21.8 Å². The summed E-state index contributed by atoms with van der Waals surface area (Å²) in [6.07, 6.45) is 0.175. The Kier molecular flexibility index (Phi) is 6.04. The van der Waals surface area contributed by atoms with Gasteiger partial charge in [-0.15, -0.1) is 0 Å². The Morgan fingerprint density at radius 3 is 2.45 bits per heavy atom. The number of imide groups is 1. The maximum Gasteiger partial charge on any atom is 0.338 e. The lowest BCUT2D eigenvalue weighted by atomic mass is 9.76. The number of amides is 3. The van der Waals surface area contributed by atoms with Gasteiger partial charge in [0.2, 0.25) is 17.7 Å². The number of nitrogens with one attached hydrogen (secondary N) is 2. The minimum atomic E-state index is -1.57. The van der Waals surface area contributed by atoms with Crippen molar-refractivity contribution in [2.24, 2.45) is 11.8 Å². The third-order valence-corrected chi connectivity index (χ3v) is 8.04. The van der Waals surface area contributed by atoms with Gasteiger partial charge in [0.25, 0.3) is 0 Å². The van der Waals surface area contributed by atoms with Crippen LogP contribution in [-0.2, 0) is 31.1 Å². The van der Waals surface area contributed by atoms with E-state index < -0.39 is 47.1 Å². The second-order valence-corrected chi connectivity index (χ2v) is 10.4. The van der Waals surface area contributed by atoms with Crippen LogP contribution in [0, 0.1) is 11.8 Å². The largest absolute Gasteiger partial charge is 0.504 e. The maximum atomic E-state index is 14.1. The molecule has 11 heteroatoms. The first-order valence-electron chi connectivity index (χ1n) is 12.7. The van der Waals surface area contributed by atoms with Gasteiger partial charge >= 0.3 is 5.97 Å². The molecule has 0 unspecified atom stereocenters. The molecule has 0 aromatic heterocycles. The minimum Gasteiger partial charge on any atom is -0.504 e. The molecule has 3 aliphatic rings. The van der Waals surface area contributed by atoms with Crippen LogP contribution in [0.5, 0.6) is 11.5 Å². The summed E-state index contributed by atoms with van der Waals surface area (Å²) < 4.78 is 5.02. The quantitative estimate of drug-likeness (QED) is 0.211. The molecule has 3 aromatic rings. The number of ether oxygens (including phenoxy) is 1. The van der Waals surface area contributed by atoms with E-state index in [1.807, 2.05) is 0 Å². The zero-order valence-electron chi connectivity index (χ0n) is 21.2. The lowest BCUT2D eigenvalue weighted by molar-refractivity contribution is -0.130. The van der Waals surface area contributed by atoms with Crippen LogP contribution in [0.1, 0.15) is 28.4 Å². The summed E-state index contributed by atoms with van der Waals surface area (Å²) in [4.78, 5) is 54.9. The molecular formula is C29H24ClN3O7. The number of fused-ring (bicyclic) bond motifs is 4. The van der Waals surface area contributed by atoms with Crippen LogP contribution in [0.4, 0.5) is 11.4 Å². The number of anilines is 2. The molecule has 3 aliphatic heterocycles. The van der Waals surface area contributed by atoms with Gasteiger partial charge in [-0.25, -0.2) is 9.69 Å². The number of phenols is 2. The van der Waals surface area contributed by atoms with Crippen molar-refractivity contribution < 1.29 is 34.1 Å². The highest BCUT2D eigenvalue weighted by atomic mass is 35.5. The molecule has 2 saturated heterocycles. The van der Waals surface area contributed by atoms with Gasteiger partial charge in [0.15, 0.2) is 11.5 Å². The standard InChI is InChI=1S/C29H24ClN3O7/c1-2-40-27(38)15-4-7-17(8-5-15)33-25(36)23-20(11-14-3-10-21(34)22(35)12-14)32-29(24(23)26(33)37)18-13-16(30)6-9-19(18)31-28(29)39/h3-10,12-13,20,23-24,32,34-35H,2,11H2,1H3,(H,31,39)/t20-,23+,24-,29-/m0/s1. The Morgan fingerprint density at radius 1 is 1.00 bits per heavy atom. The molecule has 10 nitrogen and oxygen atoms in total. The van der Waals surface area contributed by atoms with E-state index in [2.05, 4.69) is 10.6 Å². The highest BCUT2D eigenvalue weighted by Crippen LogP contribution is 2.54. The molecule has 3 aromatic carbocycles. The lowest BCUT2D eigenvalue weighted by Gasteiger charge is -2.29. The molecule has 3 heterocycles. The van der Waals surface area contributed by atoms with Crippen LogP contribution < -0.4 is 15.5 Å². The summed E-state index contributed by atoms with van der Waals surface area (Å²) in [5.74, 6) is -4.72. The predicted octanol–water partition coefficient (Wildman–Crippen LogP) is 3.10. The molecule has 0 aliphatic carbocycles. The Bertz CT molecular complexity index is 1590. The number of halogens is 1. The zero-order valence-corrected chi connectivity index (χ0v) is 21.9. The van der Waals surface area contributed by atoms with Gasteiger partial charge in [-0.3, -0.25) is 19.7 Å². The fourth-order valence-electron chi connectivity index (χ4n) is 6.11. The van der Waals surface area contributed by atoms with E-state index in [4.69, 9.17) is 16.3 Å². The summed E-state index contributed by atoms with van der Waals surface area (Å²) in [7, 11) is 0. The van der Waals surface area contributed by atoms with Crippen molar-refractivity contribution in [3.05, 3.63) is 82.4 Å². The number of carbonyl (C=O) groups excluding carboxylic acids is 4. The van der Waals surface area contributed by atoms with Crippen LogP contribution in [0.2, 0.25) is 5.02 Å². The summed E-state index contributed by atoms with van der Waals surface area (Å²) in [6, 6.07) is 14.5. The Balaban J connectivity index is 1.44. The fourth-order valence-corrected chi connectivity index (χ4v) is 6.29. The molecule has 0 bridgehead atoms. The van der Waals surface area contributed by atoms with Crippen molar-refractivity contribution in [1.82, 2.24) is 5.32 Å². The van der Waals surface area contributed by atoms with Crippen molar-refractivity contribution in [1.29, 1.82) is 0 Å². The highest BCUT2D eigenvalue weighted by Gasteiger charge is 2.70. The summed E-state index contributed by atoms with van der Waals surface area (Å²) in [5.41, 5.74) is 0.509. The second-order valence-electron chi connectivity index (χ2n) is 10.0. The van der Waals surface area contributed by atoms with Crippen molar-refractivity contribution in [3.63, 3.8) is 0 Å². The number of hydrogen-bond acceptors (Lipinski definition) is 8. The molecule has 6 rings (SSSR count). The first-order chi connectivity index (χ1) is 19.1. The van der Waals surface area contributed by atoms with E-state index in [0.717, 1.165) is 4.90 Å². The molecule has 4 atom stereocenters. The molecule has 0 radical (unpaired) electrons. The van der Waals surface area contributed by atoms with Crippen molar-refractivity contribution in [2.45, 2.75) is 24.9 Å². The number of phenolic OH excluding ortho intramolecular Hbond substituents is 2. The first kappa shape index (κ1) is 25.8. The van der Waals surface area contributed by atoms with Crippen molar-refractivity contribution in [2.75, 3.05) is 16.8 Å². The van der Waals surface area contributed by atoms with Gasteiger partial charge in [0, 0.05) is 22.3 Å².